The van der Waals surface area contributed by atoms with E-state index in [4.69, 9.17) is 9.84 Å². The van der Waals surface area contributed by atoms with Crippen LogP contribution in [0, 0.1) is 0 Å². The number of nitrogens with one attached hydrogen (secondary N) is 1. The molecule has 2 N–H and O–H groups in total. The average Bonchev–Trinajstić information content (AvgIpc) is 2.79. The van der Waals surface area contributed by atoms with Gasteiger partial charge in [0, 0.05) is 0 Å². The van der Waals surface area contributed by atoms with E-state index in [0.29, 0.717) is 5.75 Å². The predicted molar refractivity (Wildman–Crippen MR) is 54.7 cm³/mol. The fraction of sp³-hybridized carbons (Fsp3) is 0. The van der Waals surface area contributed by atoms with Crippen molar-refractivity contribution in [2.45, 2.75) is 0 Å². The van der Waals surface area contributed by atoms with E-state index in [1.165, 1.54) is 0 Å². The van der Waals surface area contributed by atoms with Crippen LogP contribution in [-0.4, -0.2) is 32.5 Å². The number of rotatable bonds is 3. The number of carboxylic acids is 1. The van der Waals surface area contributed by atoms with Crippen LogP contribution in [0.2, 0.25) is 0 Å². The van der Waals surface area contributed by atoms with Gasteiger partial charge in [0.15, 0.2) is 0 Å². The quantitative estimate of drug-likeness (QED) is 0.597. The minimum absolute atomic E-state index is 0.303. The summed E-state index contributed by atoms with van der Waals surface area (Å²) in [5, 5.41) is 17.6. The molecule has 86 valence electrons. The Hall–Kier alpha value is -2.70. The Labute approximate surface area is 95.0 Å². The number of esters is 1. The zero-order valence-electron chi connectivity index (χ0n) is 8.45. The summed E-state index contributed by atoms with van der Waals surface area (Å²) in [5.41, 5.74) is -0.827. The molecule has 0 atom stereocenters. The van der Waals surface area contributed by atoms with Gasteiger partial charge in [-0.25, -0.2) is 9.59 Å². The zero-order valence-corrected chi connectivity index (χ0v) is 8.45. The lowest BCUT2D eigenvalue weighted by Gasteiger charge is -2.01. The van der Waals surface area contributed by atoms with Crippen LogP contribution in [0.5, 0.6) is 5.75 Å². The Morgan fingerprint density at radius 1 is 1.12 bits per heavy atom. The summed E-state index contributed by atoms with van der Waals surface area (Å²) in [6.45, 7) is 0. The largest absolute Gasteiger partial charge is 0.476 e. The first-order chi connectivity index (χ1) is 8.18. The molecule has 7 heteroatoms. The fourth-order valence-electron chi connectivity index (χ4n) is 1.17. The second-order valence-corrected chi connectivity index (χ2v) is 3.03. The smallest absolute Gasteiger partial charge is 0.366 e. The second kappa shape index (κ2) is 4.44. The molecule has 0 aliphatic rings. The molecule has 1 aromatic carbocycles. The highest BCUT2D eigenvalue weighted by Gasteiger charge is 2.23. The van der Waals surface area contributed by atoms with Gasteiger partial charge in [0.05, 0.1) is 0 Å². The van der Waals surface area contributed by atoms with Gasteiger partial charge in [0.25, 0.3) is 0 Å². The normalized spacial score (nSPS) is 9.88. The molecule has 17 heavy (non-hydrogen) atoms. The highest BCUT2D eigenvalue weighted by Crippen LogP contribution is 2.11. The number of carbonyl (C=O) groups excluding carboxylic acids is 1. The Bertz CT molecular complexity index is 550. The Morgan fingerprint density at radius 3 is 2.41 bits per heavy atom. The summed E-state index contributed by atoms with van der Waals surface area (Å²) >= 11 is 0. The molecule has 0 radical (unpaired) electrons. The molecule has 0 saturated heterocycles. The van der Waals surface area contributed by atoms with Crippen molar-refractivity contribution < 1.29 is 19.4 Å². The standard InChI is InChI=1S/C10H7N3O4/c14-9(15)7-8(12-13-11-7)10(16)17-6-4-2-1-3-5-6/h1-5H,(H,14,15)(H,11,12,13). The number of aromatic amines is 1. The molecule has 0 spiro atoms. The topological polar surface area (TPSA) is 105 Å². The van der Waals surface area contributed by atoms with Crippen molar-refractivity contribution in [3.05, 3.63) is 41.7 Å². The van der Waals surface area contributed by atoms with Gasteiger partial charge in [-0.05, 0) is 12.1 Å². The van der Waals surface area contributed by atoms with Gasteiger partial charge >= 0.3 is 11.9 Å². The van der Waals surface area contributed by atoms with E-state index in [0.717, 1.165) is 0 Å². The van der Waals surface area contributed by atoms with Crippen LogP contribution >= 0.6 is 0 Å². The van der Waals surface area contributed by atoms with Crippen molar-refractivity contribution in [2.75, 3.05) is 0 Å². The Kier molecular flexibility index (Phi) is 2.82. The molecule has 7 nitrogen and oxygen atoms in total. The first kappa shape index (κ1) is 10.8. The molecule has 0 unspecified atom stereocenters. The number of para-hydroxylation sites is 1. The molecule has 1 aromatic heterocycles. The molecule has 2 aromatic rings. The van der Waals surface area contributed by atoms with E-state index in [9.17, 15) is 9.59 Å². The highest BCUT2D eigenvalue weighted by atomic mass is 16.5. The highest BCUT2D eigenvalue weighted by molar-refractivity contribution is 6.00. The summed E-state index contributed by atoms with van der Waals surface area (Å²) in [6, 6.07) is 8.26. The van der Waals surface area contributed by atoms with Gasteiger partial charge in [0.1, 0.15) is 5.75 Å². The van der Waals surface area contributed by atoms with E-state index in [1.54, 1.807) is 30.3 Å². The van der Waals surface area contributed by atoms with Crippen molar-refractivity contribution in [1.29, 1.82) is 0 Å². The number of carbonyl (C=O) groups is 2. The number of ether oxygens (including phenoxy) is 1. The van der Waals surface area contributed by atoms with Gasteiger partial charge in [-0.3, -0.25) is 0 Å². The third-order valence-electron chi connectivity index (χ3n) is 1.90. The maximum Gasteiger partial charge on any atom is 0.366 e. The Morgan fingerprint density at radius 2 is 1.76 bits per heavy atom. The van der Waals surface area contributed by atoms with Crippen LogP contribution in [0.15, 0.2) is 30.3 Å². The first-order valence-electron chi connectivity index (χ1n) is 4.60. The van der Waals surface area contributed by atoms with Crippen LogP contribution in [0.3, 0.4) is 0 Å². The van der Waals surface area contributed by atoms with Crippen molar-refractivity contribution in [2.24, 2.45) is 0 Å². The lowest BCUT2D eigenvalue weighted by Crippen LogP contribution is -2.14. The maximum absolute atomic E-state index is 11.6. The summed E-state index contributed by atoms with van der Waals surface area (Å²) in [7, 11) is 0. The van der Waals surface area contributed by atoms with Crippen molar-refractivity contribution in [3.63, 3.8) is 0 Å². The second-order valence-electron chi connectivity index (χ2n) is 3.03. The van der Waals surface area contributed by atoms with Crippen LogP contribution in [0.4, 0.5) is 0 Å². The first-order valence-corrected chi connectivity index (χ1v) is 4.60. The molecule has 0 aliphatic heterocycles. The number of nitrogens with zero attached hydrogens (tertiary/aromatic N) is 2. The van der Waals surface area contributed by atoms with Crippen LogP contribution < -0.4 is 4.74 Å². The van der Waals surface area contributed by atoms with Gasteiger partial charge in [-0.2, -0.15) is 5.21 Å². The van der Waals surface area contributed by atoms with Crippen molar-refractivity contribution >= 4 is 11.9 Å². The minimum Gasteiger partial charge on any atom is -0.476 e. The van der Waals surface area contributed by atoms with E-state index in [2.05, 4.69) is 15.4 Å². The molecule has 0 fully saturated rings. The zero-order chi connectivity index (χ0) is 12.3. The van der Waals surface area contributed by atoms with E-state index < -0.39 is 17.6 Å². The van der Waals surface area contributed by atoms with Gasteiger partial charge in [0.2, 0.25) is 11.4 Å². The van der Waals surface area contributed by atoms with Gasteiger partial charge in [-0.15, -0.1) is 10.2 Å². The molecule has 1 heterocycles. The van der Waals surface area contributed by atoms with Crippen LogP contribution in [-0.2, 0) is 0 Å². The van der Waals surface area contributed by atoms with Gasteiger partial charge in [-0.1, -0.05) is 18.2 Å². The number of hydrogen-bond acceptors (Lipinski definition) is 5. The lowest BCUT2D eigenvalue weighted by molar-refractivity contribution is 0.0661. The summed E-state index contributed by atoms with van der Waals surface area (Å²) < 4.78 is 4.92. The summed E-state index contributed by atoms with van der Waals surface area (Å²) in [4.78, 5) is 22.3. The third kappa shape index (κ3) is 2.28. The van der Waals surface area contributed by atoms with E-state index in [-0.39, 0.29) is 5.69 Å². The number of carboxylic acid groups (broad SMARTS) is 1. The molecule has 0 aliphatic carbocycles. The molecule has 0 amide bonds. The molecule has 0 saturated carbocycles. The SMILES string of the molecule is O=C(O)c1n[nH]nc1C(=O)Oc1ccccc1. The van der Waals surface area contributed by atoms with E-state index in [1.807, 2.05) is 0 Å². The molecular weight excluding hydrogens is 226 g/mol. The summed E-state index contributed by atoms with van der Waals surface area (Å²) in [5.74, 6) is -1.92. The maximum atomic E-state index is 11.6. The minimum atomic E-state index is -1.35. The fourth-order valence-corrected chi connectivity index (χ4v) is 1.17. The van der Waals surface area contributed by atoms with Crippen molar-refractivity contribution in [1.82, 2.24) is 15.4 Å². The average molecular weight is 233 g/mol. The number of aromatic nitrogens is 3. The molecule has 2 rings (SSSR count). The summed E-state index contributed by atoms with van der Waals surface area (Å²) in [6.07, 6.45) is 0. The van der Waals surface area contributed by atoms with Gasteiger partial charge < -0.3 is 9.84 Å². The van der Waals surface area contributed by atoms with Crippen LogP contribution in [0.25, 0.3) is 0 Å². The third-order valence-corrected chi connectivity index (χ3v) is 1.90. The monoisotopic (exact) mass is 233 g/mol. The molecular formula is C10H7N3O4. The predicted octanol–water partition coefficient (Wildman–Crippen LogP) is 0.722. The number of H-pyrrole nitrogens is 1. The number of benzene rings is 1. The number of hydrogen-bond donors (Lipinski definition) is 2. The number of aromatic carboxylic acids is 1. The Balaban J connectivity index is 2.21. The van der Waals surface area contributed by atoms with E-state index >= 15 is 0 Å². The van der Waals surface area contributed by atoms with Crippen molar-refractivity contribution in [3.8, 4) is 5.75 Å². The lowest BCUT2D eigenvalue weighted by atomic mass is 10.3. The molecule has 0 bridgehead atoms. The van der Waals surface area contributed by atoms with Crippen LogP contribution in [0.1, 0.15) is 21.0 Å².